The minimum absolute atomic E-state index is 0.497. The quantitative estimate of drug-likeness (QED) is 0.725. The number of anilines is 3. The van der Waals surface area contributed by atoms with E-state index in [9.17, 15) is 0 Å². The average Bonchev–Trinajstić information content (AvgIpc) is 2.63. The van der Waals surface area contributed by atoms with Crippen molar-refractivity contribution in [3.05, 3.63) is 71.4 Å². The van der Waals surface area contributed by atoms with Gasteiger partial charge in [0.1, 0.15) is 0 Å². The number of aromatic nitrogens is 3. The Morgan fingerprint density at radius 2 is 1.79 bits per heavy atom. The van der Waals surface area contributed by atoms with E-state index in [1.807, 2.05) is 54.6 Å². The molecule has 1 heterocycles. The number of para-hydroxylation sites is 1. The Kier molecular flexibility index (Phi) is 5.23. The molecule has 3 aromatic rings. The molecule has 24 heavy (non-hydrogen) atoms. The van der Waals surface area contributed by atoms with Gasteiger partial charge < -0.3 is 10.2 Å². The number of nitrogens with zero attached hydrogens (tertiary/aromatic N) is 4. The Bertz CT molecular complexity index is 777. The second-order valence-electron chi connectivity index (χ2n) is 5.20. The summed E-state index contributed by atoms with van der Waals surface area (Å²) >= 11 is 5.90. The van der Waals surface area contributed by atoms with Crippen LogP contribution >= 0.6 is 11.6 Å². The summed E-state index contributed by atoms with van der Waals surface area (Å²) in [6, 6.07) is 17.8. The zero-order valence-electron chi connectivity index (χ0n) is 13.4. The largest absolute Gasteiger partial charge is 0.349 e. The van der Waals surface area contributed by atoms with Crippen molar-refractivity contribution < 1.29 is 0 Å². The molecule has 0 amide bonds. The van der Waals surface area contributed by atoms with Crippen molar-refractivity contribution in [1.82, 2.24) is 15.2 Å². The molecular weight excluding hydrogens is 322 g/mol. The predicted molar refractivity (Wildman–Crippen MR) is 97.7 cm³/mol. The van der Waals surface area contributed by atoms with E-state index in [1.165, 1.54) is 0 Å². The first-order valence-corrected chi connectivity index (χ1v) is 8.14. The van der Waals surface area contributed by atoms with Crippen LogP contribution in [0.1, 0.15) is 12.5 Å². The van der Waals surface area contributed by atoms with Gasteiger partial charge in [-0.05, 0) is 36.8 Å². The molecule has 0 unspecified atom stereocenters. The number of benzene rings is 2. The lowest BCUT2D eigenvalue weighted by Gasteiger charge is -2.21. The molecule has 0 saturated heterocycles. The number of nitrogens with one attached hydrogen (secondary N) is 1. The van der Waals surface area contributed by atoms with E-state index < -0.39 is 0 Å². The van der Waals surface area contributed by atoms with E-state index in [0.29, 0.717) is 12.5 Å². The minimum atomic E-state index is 0.497. The highest BCUT2D eigenvalue weighted by Gasteiger charge is 2.10. The van der Waals surface area contributed by atoms with Crippen LogP contribution in [0.4, 0.5) is 17.5 Å². The molecule has 0 saturated carbocycles. The third-order valence-electron chi connectivity index (χ3n) is 3.57. The Hall–Kier alpha value is -2.66. The van der Waals surface area contributed by atoms with Crippen LogP contribution in [0.25, 0.3) is 0 Å². The molecule has 0 aliphatic heterocycles. The SMILES string of the molecule is CCN(c1ccccc1)c1cnnc(NCc2ccc(Cl)cc2)n1. The topological polar surface area (TPSA) is 53.9 Å². The standard InChI is InChI=1S/C18H18ClN5/c1-2-24(16-6-4-3-5-7-16)17-13-21-23-18(22-17)20-12-14-8-10-15(19)11-9-14/h3-11,13H,2,12H2,1H3,(H,20,22,23). The van der Waals surface area contributed by atoms with Gasteiger partial charge in [-0.3, -0.25) is 0 Å². The zero-order chi connectivity index (χ0) is 16.8. The second kappa shape index (κ2) is 7.75. The second-order valence-corrected chi connectivity index (χ2v) is 5.63. The highest BCUT2D eigenvalue weighted by Crippen LogP contribution is 2.22. The number of halogens is 1. The van der Waals surface area contributed by atoms with Gasteiger partial charge in [-0.2, -0.15) is 10.1 Å². The third-order valence-corrected chi connectivity index (χ3v) is 3.82. The molecule has 0 aliphatic rings. The van der Waals surface area contributed by atoms with Gasteiger partial charge in [0.05, 0.1) is 6.20 Å². The summed E-state index contributed by atoms with van der Waals surface area (Å²) in [7, 11) is 0. The monoisotopic (exact) mass is 339 g/mol. The van der Waals surface area contributed by atoms with E-state index in [-0.39, 0.29) is 0 Å². The normalized spacial score (nSPS) is 10.4. The summed E-state index contributed by atoms with van der Waals surface area (Å²) in [5.41, 5.74) is 2.17. The van der Waals surface area contributed by atoms with Crippen molar-refractivity contribution in [2.45, 2.75) is 13.5 Å². The van der Waals surface area contributed by atoms with Gasteiger partial charge in [0, 0.05) is 23.8 Å². The number of hydrogen-bond acceptors (Lipinski definition) is 5. The van der Waals surface area contributed by atoms with E-state index >= 15 is 0 Å². The zero-order valence-corrected chi connectivity index (χ0v) is 14.1. The van der Waals surface area contributed by atoms with Crippen LogP contribution in [0.15, 0.2) is 60.8 Å². The first kappa shape index (κ1) is 16.2. The molecule has 0 bridgehead atoms. The molecule has 2 aromatic carbocycles. The molecule has 1 N–H and O–H groups in total. The van der Waals surface area contributed by atoms with Crippen molar-refractivity contribution in [2.75, 3.05) is 16.8 Å². The van der Waals surface area contributed by atoms with Gasteiger partial charge in [0.15, 0.2) is 5.82 Å². The fourth-order valence-corrected chi connectivity index (χ4v) is 2.49. The van der Waals surface area contributed by atoms with Crippen LogP contribution in [0.5, 0.6) is 0 Å². The lowest BCUT2D eigenvalue weighted by molar-refractivity contribution is 0.905. The van der Waals surface area contributed by atoms with Gasteiger partial charge in [-0.25, -0.2) is 0 Å². The predicted octanol–water partition coefficient (Wildman–Crippen LogP) is 4.30. The molecule has 0 fully saturated rings. The van der Waals surface area contributed by atoms with Gasteiger partial charge in [-0.15, -0.1) is 5.10 Å². The molecule has 0 atom stereocenters. The summed E-state index contributed by atoms with van der Waals surface area (Å²) in [6.45, 7) is 3.48. The molecule has 0 radical (unpaired) electrons. The van der Waals surface area contributed by atoms with Crippen LogP contribution in [-0.4, -0.2) is 21.7 Å². The van der Waals surface area contributed by atoms with Crippen LogP contribution in [0.2, 0.25) is 5.02 Å². The fourth-order valence-electron chi connectivity index (χ4n) is 2.37. The molecule has 0 aliphatic carbocycles. The molecule has 5 nitrogen and oxygen atoms in total. The molecule has 0 spiro atoms. The van der Waals surface area contributed by atoms with Crippen molar-refractivity contribution in [2.24, 2.45) is 0 Å². The highest BCUT2D eigenvalue weighted by atomic mass is 35.5. The Morgan fingerprint density at radius 3 is 2.50 bits per heavy atom. The van der Waals surface area contributed by atoms with E-state index in [0.717, 1.165) is 28.6 Å². The molecule has 3 rings (SSSR count). The maximum Gasteiger partial charge on any atom is 0.244 e. The first-order valence-electron chi connectivity index (χ1n) is 7.77. The van der Waals surface area contributed by atoms with Crippen LogP contribution < -0.4 is 10.2 Å². The van der Waals surface area contributed by atoms with Crippen LogP contribution in [0.3, 0.4) is 0 Å². The molecule has 1 aromatic heterocycles. The first-order chi connectivity index (χ1) is 11.8. The summed E-state index contributed by atoms with van der Waals surface area (Å²) in [5.74, 6) is 1.26. The van der Waals surface area contributed by atoms with E-state index in [2.05, 4.69) is 32.3 Å². The summed E-state index contributed by atoms with van der Waals surface area (Å²) in [4.78, 5) is 6.65. The number of hydrogen-bond donors (Lipinski definition) is 1. The lowest BCUT2D eigenvalue weighted by Crippen LogP contribution is -2.18. The van der Waals surface area contributed by atoms with Crippen molar-refractivity contribution >= 4 is 29.1 Å². The highest BCUT2D eigenvalue weighted by molar-refractivity contribution is 6.30. The van der Waals surface area contributed by atoms with Crippen molar-refractivity contribution in [3.8, 4) is 0 Å². The Labute approximate surface area is 146 Å². The Morgan fingerprint density at radius 1 is 1.04 bits per heavy atom. The van der Waals surface area contributed by atoms with Crippen molar-refractivity contribution in [3.63, 3.8) is 0 Å². The van der Waals surface area contributed by atoms with Crippen LogP contribution in [0, 0.1) is 0 Å². The molecular formula is C18H18ClN5. The summed E-state index contributed by atoms with van der Waals surface area (Å²) in [5, 5.41) is 12.0. The van der Waals surface area contributed by atoms with Crippen LogP contribution in [-0.2, 0) is 6.54 Å². The Balaban J connectivity index is 1.74. The maximum absolute atomic E-state index is 5.90. The van der Waals surface area contributed by atoms with E-state index in [1.54, 1.807) is 6.20 Å². The molecule has 6 heteroatoms. The van der Waals surface area contributed by atoms with Gasteiger partial charge in [-0.1, -0.05) is 41.9 Å². The maximum atomic E-state index is 5.90. The lowest BCUT2D eigenvalue weighted by atomic mass is 10.2. The van der Waals surface area contributed by atoms with Gasteiger partial charge in [0.25, 0.3) is 0 Å². The third kappa shape index (κ3) is 4.00. The molecule has 122 valence electrons. The fraction of sp³-hybridized carbons (Fsp3) is 0.167. The smallest absolute Gasteiger partial charge is 0.244 e. The average molecular weight is 340 g/mol. The summed E-state index contributed by atoms with van der Waals surface area (Å²) in [6.07, 6.45) is 1.67. The van der Waals surface area contributed by atoms with E-state index in [4.69, 9.17) is 11.6 Å². The summed E-state index contributed by atoms with van der Waals surface area (Å²) < 4.78 is 0. The van der Waals surface area contributed by atoms with Gasteiger partial charge >= 0.3 is 0 Å². The number of rotatable bonds is 6. The van der Waals surface area contributed by atoms with Crippen molar-refractivity contribution in [1.29, 1.82) is 0 Å². The van der Waals surface area contributed by atoms with Gasteiger partial charge in [0.2, 0.25) is 5.95 Å². The minimum Gasteiger partial charge on any atom is -0.349 e.